The van der Waals surface area contributed by atoms with E-state index in [9.17, 15) is 70.9 Å². The molecule has 12 N–H and O–H groups in total. The van der Waals surface area contributed by atoms with Crippen LogP contribution in [0.5, 0.6) is 28.7 Å². The summed E-state index contributed by atoms with van der Waals surface area (Å²) in [5, 5.41) is 126. The molecule has 3 aromatic carbocycles. The van der Waals surface area contributed by atoms with E-state index in [0.717, 1.165) is 18.2 Å². The van der Waals surface area contributed by atoms with E-state index in [0.29, 0.717) is 5.56 Å². The van der Waals surface area contributed by atoms with Crippen molar-refractivity contribution in [3.8, 4) is 40.1 Å². The number of phenolic OH excluding ortho intramolecular Hbond substituents is 4. The van der Waals surface area contributed by atoms with Gasteiger partial charge in [-0.3, -0.25) is 4.79 Å². The van der Waals surface area contributed by atoms with Gasteiger partial charge in [0.05, 0.1) is 12.7 Å². The van der Waals surface area contributed by atoms with E-state index in [2.05, 4.69) is 0 Å². The maximum Gasteiger partial charge on any atom is 0.330 e. The lowest BCUT2D eigenvalue weighted by molar-refractivity contribution is -0.382. The molecule has 3 fully saturated rings. The summed E-state index contributed by atoms with van der Waals surface area (Å²) in [6.07, 6.45) is -25.6. The van der Waals surface area contributed by atoms with E-state index in [1.165, 1.54) is 61.5 Å². The van der Waals surface area contributed by atoms with Gasteiger partial charge in [-0.2, -0.15) is 0 Å². The van der Waals surface area contributed by atoms with Crippen molar-refractivity contribution in [3.05, 3.63) is 82.5 Å². The number of aromatic hydroxyl groups is 4. The minimum absolute atomic E-state index is 0.00508. The van der Waals surface area contributed by atoms with Crippen molar-refractivity contribution in [1.82, 2.24) is 0 Å². The number of ether oxygens (including phenoxy) is 7. The highest BCUT2D eigenvalue weighted by atomic mass is 16.8. The Labute approximate surface area is 361 Å². The Balaban J connectivity index is 1.25. The van der Waals surface area contributed by atoms with Crippen LogP contribution in [0.4, 0.5) is 0 Å². The molecular formula is C42H46O22. The Bertz CT molecular complexity index is 2330. The highest BCUT2D eigenvalue weighted by molar-refractivity contribution is 5.88. The third-order valence-electron chi connectivity index (χ3n) is 10.8. The van der Waals surface area contributed by atoms with Gasteiger partial charge in [0, 0.05) is 23.8 Å². The van der Waals surface area contributed by atoms with Crippen LogP contribution in [-0.2, 0) is 33.2 Å². The second-order valence-electron chi connectivity index (χ2n) is 15.3. The van der Waals surface area contributed by atoms with Gasteiger partial charge in [-0.05, 0) is 55.0 Å². The van der Waals surface area contributed by atoms with Crippen molar-refractivity contribution in [2.45, 2.75) is 99.0 Å². The van der Waals surface area contributed by atoms with Crippen LogP contribution in [0, 0.1) is 0 Å². The minimum Gasteiger partial charge on any atom is -0.508 e. The third kappa shape index (κ3) is 9.64. The van der Waals surface area contributed by atoms with Crippen LogP contribution in [0.1, 0.15) is 12.5 Å². The smallest absolute Gasteiger partial charge is 0.330 e. The Morgan fingerprint density at radius 3 is 1.88 bits per heavy atom. The maximum atomic E-state index is 14.3. The first-order valence-electron chi connectivity index (χ1n) is 19.7. The number of aliphatic hydroxyl groups is 8. The largest absolute Gasteiger partial charge is 0.508 e. The molecule has 3 saturated heterocycles. The van der Waals surface area contributed by atoms with E-state index in [1.54, 1.807) is 0 Å². The van der Waals surface area contributed by atoms with Crippen LogP contribution >= 0.6 is 0 Å². The highest BCUT2D eigenvalue weighted by Gasteiger charge is 2.55. The van der Waals surface area contributed by atoms with Gasteiger partial charge in [-0.15, -0.1) is 0 Å². The lowest BCUT2D eigenvalue weighted by Crippen LogP contribution is -2.67. The predicted octanol–water partition coefficient (Wildman–Crippen LogP) is -1.60. The number of phenols is 4. The second-order valence-corrected chi connectivity index (χ2v) is 15.3. The zero-order chi connectivity index (χ0) is 46.1. The van der Waals surface area contributed by atoms with Crippen molar-refractivity contribution in [1.29, 1.82) is 0 Å². The average molecular weight is 903 g/mol. The Morgan fingerprint density at radius 2 is 1.25 bits per heavy atom. The molecule has 3 aliphatic heterocycles. The van der Waals surface area contributed by atoms with E-state index < -0.39 is 139 Å². The van der Waals surface area contributed by atoms with Gasteiger partial charge in [0.2, 0.25) is 17.5 Å². The molecular weight excluding hydrogens is 856 g/mol. The van der Waals surface area contributed by atoms with Crippen molar-refractivity contribution < 1.29 is 104 Å². The molecule has 4 heterocycles. The fourth-order valence-electron chi connectivity index (χ4n) is 7.29. The number of fused-ring (bicyclic) bond motifs is 1. The molecule has 22 nitrogen and oxygen atoms in total. The number of aliphatic hydroxyl groups excluding tert-OH is 8. The summed E-state index contributed by atoms with van der Waals surface area (Å²) in [7, 11) is 0. The molecule has 4 aromatic rings. The first-order valence-corrected chi connectivity index (χ1v) is 19.7. The summed E-state index contributed by atoms with van der Waals surface area (Å²) < 4.78 is 46.9. The van der Waals surface area contributed by atoms with Crippen molar-refractivity contribution >= 4 is 23.0 Å². The van der Waals surface area contributed by atoms with Crippen LogP contribution in [0.15, 0.2) is 76.0 Å². The summed E-state index contributed by atoms with van der Waals surface area (Å²) >= 11 is 0. The van der Waals surface area contributed by atoms with Gasteiger partial charge in [0.15, 0.2) is 24.4 Å². The standard InChI is InChI=1S/C42H46O22/c1-16-28(49)37(62-40-34(55)32(53)29(50)24(14-43)60-40)39(64-41-35(56)33(54)30(51)25(61-41)15-57-26(48)11-4-17-2-7-19(44)8-3-17)42(58-16)63-38-31(52)27-22(47)12-21(46)13-23(27)59-36(38)18-5-9-20(45)10-6-18/h2-13,16,24-25,28-30,32-35,37,39-47,49-51,53-56H,14-15H2,1H3/b11-4+/t16-,24+,25+,28-,29+,30+,32-,33-,34+,35+,37+,39+,40-,41-,42-/m0/s1. The normalized spacial score (nSPS) is 33.3. The van der Waals surface area contributed by atoms with E-state index in [1.807, 2.05) is 0 Å². The molecule has 1 aromatic heterocycles. The Kier molecular flexibility index (Phi) is 14.1. The number of hydrogen-bond acceptors (Lipinski definition) is 22. The molecule has 0 unspecified atom stereocenters. The van der Waals surface area contributed by atoms with Gasteiger partial charge in [-0.25, -0.2) is 4.79 Å². The topological polar surface area (TPSA) is 355 Å². The molecule has 15 atom stereocenters. The molecule has 0 aliphatic carbocycles. The molecule has 0 bridgehead atoms. The first-order chi connectivity index (χ1) is 30.4. The van der Waals surface area contributed by atoms with Crippen LogP contribution in [-0.4, -0.2) is 173 Å². The lowest BCUT2D eigenvalue weighted by atomic mass is 9.96. The highest BCUT2D eigenvalue weighted by Crippen LogP contribution is 2.39. The lowest BCUT2D eigenvalue weighted by Gasteiger charge is -2.48. The number of benzene rings is 3. The van der Waals surface area contributed by atoms with Crippen molar-refractivity contribution in [3.63, 3.8) is 0 Å². The average Bonchev–Trinajstić information content (AvgIpc) is 3.26. The van der Waals surface area contributed by atoms with Crippen LogP contribution in [0.25, 0.3) is 28.4 Å². The van der Waals surface area contributed by atoms with Gasteiger partial charge < -0.3 is 98.9 Å². The van der Waals surface area contributed by atoms with E-state index in [4.69, 9.17) is 37.6 Å². The number of carbonyl (C=O) groups excluding carboxylic acids is 1. The monoisotopic (exact) mass is 902 g/mol. The molecule has 346 valence electrons. The summed E-state index contributed by atoms with van der Waals surface area (Å²) in [6.45, 7) is -0.277. The van der Waals surface area contributed by atoms with Crippen LogP contribution in [0.3, 0.4) is 0 Å². The quantitative estimate of drug-likeness (QED) is 0.0563. The predicted molar refractivity (Wildman–Crippen MR) is 212 cm³/mol. The number of hydrogen-bond donors (Lipinski definition) is 12. The van der Waals surface area contributed by atoms with Gasteiger partial charge >= 0.3 is 5.97 Å². The molecule has 7 rings (SSSR count). The van der Waals surface area contributed by atoms with E-state index >= 15 is 0 Å². The van der Waals surface area contributed by atoms with Crippen molar-refractivity contribution in [2.75, 3.05) is 13.2 Å². The number of rotatable bonds is 12. The number of carbonyl (C=O) groups is 1. The fraction of sp³-hybridized carbons (Fsp3) is 0.429. The summed E-state index contributed by atoms with van der Waals surface area (Å²) in [5.74, 6) is -3.37. The molecule has 0 spiro atoms. The summed E-state index contributed by atoms with van der Waals surface area (Å²) in [4.78, 5) is 26.9. The Morgan fingerprint density at radius 1 is 0.672 bits per heavy atom. The van der Waals surface area contributed by atoms with Gasteiger partial charge in [0.1, 0.15) is 102 Å². The maximum absolute atomic E-state index is 14.3. The molecule has 3 aliphatic rings. The summed E-state index contributed by atoms with van der Waals surface area (Å²) in [6, 6.07) is 12.9. The summed E-state index contributed by atoms with van der Waals surface area (Å²) in [5.41, 5.74) is -0.740. The zero-order valence-electron chi connectivity index (χ0n) is 33.5. The fourth-order valence-corrected chi connectivity index (χ4v) is 7.29. The molecule has 64 heavy (non-hydrogen) atoms. The van der Waals surface area contributed by atoms with E-state index in [-0.39, 0.29) is 28.4 Å². The number of esters is 1. The Hall–Kier alpha value is -5.44. The minimum atomic E-state index is -2.12. The van der Waals surface area contributed by atoms with Crippen molar-refractivity contribution in [2.24, 2.45) is 0 Å². The zero-order valence-corrected chi connectivity index (χ0v) is 33.5. The van der Waals surface area contributed by atoms with Crippen LogP contribution in [0.2, 0.25) is 0 Å². The van der Waals surface area contributed by atoms with Gasteiger partial charge in [0.25, 0.3) is 0 Å². The second kappa shape index (κ2) is 19.3. The van der Waals surface area contributed by atoms with Crippen LogP contribution < -0.4 is 10.2 Å². The molecule has 0 radical (unpaired) electrons. The third-order valence-corrected chi connectivity index (χ3v) is 10.8. The van der Waals surface area contributed by atoms with Gasteiger partial charge in [-0.1, -0.05) is 12.1 Å². The molecule has 0 amide bonds. The SMILES string of the molecule is C[C@@H]1O[C@@H](Oc2c(-c3ccc(O)cc3)oc3cc(O)cc(O)c3c2=O)[C@H](O[C@@H]2O[C@H](COC(=O)/C=C/c3ccc(O)cc3)[C@@H](O)[C@H](O)[C@H]2O)[C@H](O[C@@H]2O[C@H](CO)[C@@H](O)[C@H](O)[C@H]2O)[C@H]1O. The molecule has 22 heteroatoms. The first kappa shape index (κ1) is 46.5. The molecule has 0 saturated carbocycles.